The van der Waals surface area contributed by atoms with Gasteiger partial charge in [-0.2, -0.15) is 0 Å². The molecule has 10 heteroatoms. The third-order valence-corrected chi connectivity index (χ3v) is 4.39. The fraction of sp³-hybridized carbons (Fsp3) is 0.556. The van der Waals surface area contributed by atoms with Gasteiger partial charge >= 0.3 is 12.4 Å². The maximum absolute atomic E-state index is 12.3. The molecule has 156 valence electrons. The molecule has 0 radical (unpaired) electrons. The number of alkyl halides is 3. The van der Waals surface area contributed by atoms with Crippen molar-refractivity contribution < 1.29 is 27.5 Å². The highest BCUT2D eigenvalue weighted by atomic mass is 19.4. The van der Waals surface area contributed by atoms with Crippen LogP contribution < -0.4 is 15.4 Å². The van der Waals surface area contributed by atoms with Crippen molar-refractivity contribution in [1.82, 2.24) is 15.1 Å². The molecule has 0 bridgehead atoms. The first kappa shape index (κ1) is 21.8. The van der Waals surface area contributed by atoms with E-state index in [-0.39, 0.29) is 23.7 Å². The standard InChI is InChI=1S/C18H25F3N4O3/c1-3-13(2)22-16(26)12-24-8-10-25(11-9-24)17(27)23-14-4-6-15(7-5-14)28-18(19,20)21/h4-7,13H,3,8-12H2,1-2H3,(H,22,26)(H,23,27). The number of hydrogen-bond donors (Lipinski definition) is 2. The first-order valence-corrected chi connectivity index (χ1v) is 9.09. The fourth-order valence-corrected chi connectivity index (χ4v) is 2.68. The van der Waals surface area contributed by atoms with Crippen molar-refractivity contribution >= 4 is 17.6 Å². The van der Waals surface area contributed by atoms with E-state index < -0.39 is 6.36 Å². The Hall–Kier alpha value is -2.49. The van der Waals surface area contributed by atoms with Gasteiger partial charge in [-0.15, -0.1) is 13.2 Å². The monoisotopic (exact) mass is 402 g/mol. The van der Waals surface area contributed by atoms with E-state index in [2.05, 4.69) is 15.4 Å². The van der Waals surface area contributed by atoms with Crippen molar-refractivity contribution in [3.05, 3.63) is 24.3 Å². The summed E-state index contributed by atoms with van der Waals surface area (Å²) in [5, 5.41) is 5.55. The van der Waals surface area contributed by atoms with Gasteiger partial charge in [0.25, 0.3) is 0 Å². The van der Waals surface area contributed by atoms with Crippen LogP contribution in [0.3, 0.4) is 0 Å². The lowest BCUT2D eigenvalue weighted by molar-refractivity contribution is -0.274. The van der Waals surface area contributed by atoms with Crippen LogP contribution in [0.1, 0.15) is 20.3 Å². The van der Waals surface area contributed by atoms with Crippen LogP contribution >= 0.6 is 0 Å². The van der Waals surface area contributed by atoms with Crippen molar-refractivity contribution in [2.24, 2.45) is 0 Å². The molecule has 1 aliphatic heterocycles. The fourth-order valence-electron chi connectivity index (χ4n) is 2.68. The molecule has 0 aromatic heterocycles. The van der Waals surface area contributed by atoms with E-state index in [1.165, 1.54) is 12.1 Å². The highest BCUT2D eigenvalue weighted by Crippen LogP contribution is 2.24. The molecule has 1 fully saturated rings. The lowest BCUT2D eigenvalue weighted by Gasteiger charge is -2.34. The van der Waals surface area contributed by atoms with Crippen LogP contribution in [0.5, 0.6) is 5.75 Å². The number of nitrogens with one attached hydrogen (secondary N) is 2. The van der Waals surface area contributed by atoms with Crippen LogP contribution in [0.15, 0.2) is 24.3 Å². The normalized spacial score (nSPS) is 16.4. The summed E-state index contributed by atoms with van der Waals surface area (Å²) in [7, 11) is 0. The van der Waals surface area contributed by atoms with Crippen molar-refractivity contribution in [3.63, 3.8) is 0 Å². The van der Waals surface area contributed by atoms with Gasteiger partial charge in [0.15, 0.2) is 0 Å². The number of benzene rings is 1. The maximum atomic E-state index is 12.3. The number of hydrogen-bond acceptors (Lipinski definition) is 4. The van der Waals surface area contributed by atoms with Gasteiger partial charge in [-0.1, -0.05) is 6.92 Å². The molecule has 0 aliphatic carbocycles. The van der Waals surface area contributed by atoms with E-state index in [0.717, 1.165) is 18.6 Å². The average molecular weight is 402 g/mol. The SMILES string of the molecule is CCC(C)NC(=O)CN1CCN(C(=O)Nc2ccc(OC(F)(F)F)cc2)CC1. The summed E-state index contributed by atoms with van der Waals surface area (Å²) >= 11 is 0. The highest BCUT2D eigenvalue weighted by Gasteiger charge is 2.31. The molecule has 7 nitrogen and oxygen atoms in total. The van der Waals surface area contributed by atoms with Crippen molar-refractivity contribution in [1.29, 1.82) is 0 Å². The number of anilines is 1. The zero-order valence-electron chi connectivity index (χ0n) is 15.9. The second-order valence-corrected chi connectivity index (χ2v) is 6.64. The predicted molar refractivity (Wildman–Crippen MR) is 98.1 cm³/mol. The zero-order valence-corrected chi connectivity index (χ0v) is 15.9. The van der Waals surface area contributed by atoms with E-state index in [4.69, 9.17) is 0 Å². The lowest BCUT2D eigenvalue weighted by Crippen LogP contribution is -2.52. The lowest BCUT2D eigenvalue weighted by atomic mass is 10.2. The summed E-state index contributed by atoms with van der Waals surface area (Å²) in [4.78, 5) is 27.8. The van der Waals surface area contributed by atoms with Gasteiger partial charge < -0.3 is 20.3 Å². The zero-order chi connectivity index (χ0) is 20.7. The van der Waals surface area contributed by atoms with Crippen LogP contribution in [-0.4, -0.2) is 66.9 Å². The molecule has 1 aliphatic rings. The number of rotatable bonds is 6. The van der Waals surface area contributed by atoms with Gasteiger partial charge in [-0.3, -0.25) is 9.69 Å². The van der Waals surface area contributed by atoms with E-state index in [1.54, 1.807) is 4.90 Å². The molecular weight excluding hydrogens is 377 g/mol. The van der Waals surface area contributed by atoms with Crippen LogP contribution in [0.2, 0.25) is 0 Å². The Morgan fingerprint density at radius 1 is 1.14 bits per heavy atom. The minimum Gasteiger partial charge on any atom is -0.406 e. The van der Waals surface area contributed by atoms with Gasteiger partial charge in [0.1, 0.15) is 5.75 Å². The summed E-state index contributed by atoms with van der Waals surface area (Å²) in [6, 6.07) is 4.75. The molecule has 1 aromatic rings. The minimum absolute atomic E-state index is 0.0339. The van der Waals surface area contributed by atoms with Gasteiger partial charge in [0.2, 0.25) is 5.91 Å². The third kappa shape index (κ3) is 7.26. The van der Waals surface area contributed by atoms with Crippen molar-refractivity contribution in [2.45, 2.75) is 32.7 Å². The Morgan fingerprint density at radius 3 is 2.29 bits per heavy atom. The molecule has 1 saturated heterocycles. The number of ether oxygens (including phenoxy) is 1. The molecule has 0 saturated carbocycles. The van der Waals surface area contributed by atoms with E-state index in [9.17, 15) is 22.8 Å². The highest BCUT2D eigenvalue weighted by molar-refractivity contribution is 5.89. The summed E-state index contributed by atoms with van der Waals surface area (Å²) in [5.41, 5.74) is 0.370. The topological polar surface area (TPSA) is 73.9 Å². The summed E-state index contributed by atoms with van der Waals surface area (Å²) < 4.78 is 40.3. The van der Waals surface area contributed by atoms with E-state index in [1.807, 2.05) is 18.7 Å². The number of carbonyl (C=O) groups excluding carboxylic acids is 2. The first-order chi connectivity index (χ1) is 13.2. The Morgan fingerprint density at radius 2 is 1.75 bits per heavy atom. The summed E-state index contributed by atoms with van der Waals surface area (Å²) in [5.74, 6) is -0.386. The number of halogens is 3. The molecule has 1 unspecified atom stereocenters. The Kier molecular flexibility index (Phi) is 7.50. The van der Waals surface area contributed by atoms with Crippen LogP contribution in [0.4, 0.5) is 23.7 Å². The maximum Gasteiger partial charge on any atom is 0.573 e. The van der Waals surface area contributed by atoms with Gasteiger partial charge in [-0.25, -0.2) is 4.79 Å². The summed E-state index contributed by atoms with van der Waals surface area (Å²) in [6.45, 7) is 6.29. The molecule has 0 spiro atoms. The van der Waals surface area contributed by atoms with E-state index >= 15 is 0 Å². The smallest absolute Gasteiger partial charge is 0.406 e. The summed E-state index contributed by atoms with van der Waals surface area (Å²) in [6.07, 6.45) is -3.89. The molecular formula is C18H25F3N4O3. The number of amides is 3. The molecule has 1 atom stereocenters. The largest absolute Gasteiger partial charge is 0.573 e. The number of carbonyl (C=O) groups is 2. The second kappa shape index (κ2) is 9.63. The van der Waals surface area contributed by atoms with Gasteiger partial charge in [-0.05, 0) is 37.6 Å². The molecule has 28 heavy (non-hydrogen) atoms. The third-order valence-electron chi connectivity index (χ3n) is 4.39. The Bertz CT molecular complexity index is 659. The van der Waals surface area contributed by atoms with Crippen molar-refractivity contribution in [3.8, 4) is 5.75 Å². The van der Waals surface area contributed by atoms with Gasteiger partial charge in [0.05, 0.1) is 6.54 Å². The number of piperazine rings is 1. The molecule has 1 heterocycles. The average Bonchev–Trinajstić information content (AvgIpc) is 2.62. The number of urea groups is 1. The molecule has 1 aromatic carbocycles. The van der Waals surface area contributed by atoms with Crippen LogP contribution in [0.25, 0.3) is 0 Å². The molecule has 2 N–H and O–H groups in total. The minimum atomic E-state index is -4.75. The molecule has 2 rings (SSSR count). The first-order valence-electron chi connectivity index (χ1n) is 9.09. The van der Waals surface area contributed by atoms with Gasteiger partial charge in [0, 0.05) is 37.9 Å². The predicted octanol–water partition coefficient (Wildman–Crippen LogP) is 2.65. The number of nitrogens with zero attached hydrogens (tertiary/aromatic N) is 2. The van der Waals surface area contributed by atoms with Crippen LogP contribution in [0, 0.1) is 0 Å². The second-order valence-electron chi connectivity index (χ2n) is 6.64. The quantitative estimate of drug-likeness (QED) is 0.767. The van der Waals surface area contributed by atoms with E-state index in [0.29, 0.717) is 38.4 Å². The van der Waals surface area contributed by atoms with Crippen molar-refractivity contribution in [2.75, 3.05) is 38.0 Å². The Balaban J connectivity index is 1.76. The molecule has 3 amide bonds. The Labute approximate surface area is 161 Å². The van der Waals surface area contributed by atoms with Crippen LogP contribution in [-0.2, 0) is 4.79 Å².